The van der Waals surface area contributed by atoms with Crippen LogP contribution < -0.4 is 56.5 Å². The van der Waals surface area contributed by atoms with E-state index in [-0.39, 0.29) is 57.9 Å². The summed E-state index contributed by atoms with van der Waals surface area (Å²) in [7, 11) is 0. The molecule has 0 spiro atoms. The van der Waals surface area contributed by atoms with E-state index in [9.17, 15) is 9.90 Å². The van der Waals surface area contributed by atoms with Crippen LogP contribution in [-0.4, -0.2) is 10.5 Å². The predicted molar refractivity (Wildman–Crippen MR) is 61.2 cm³/mol. The van der Waals surface area contributed by atoms with Gasteiger partial charge in [0.25, 0.3) is 0 Å². The zero-order chi connectivity index (χ0) is 11.9. The van der Waals surface area contributed by atoms with Gasteiger partial charge in [-0.2, -0.15) is 0 Å². The molecular weight excluding hydrogens is 241 g/mol. The van der Waals surface area contributed by atoms with Crippen LogP contribution in [0.3, 0.4) is 0 Å². The first-order valence-corrected chi connectivity index (χ1v) is 5.26. The molecule has 1 heterocycles. The Morgan fingerprint density at radius 3 is 2.53 bits per heavy atom. The van der Waals surface area contributed by atoms with Crippen LogP contribution >= 0.6 is 0 Å². The van der Waals surface area contributed by atoms with E-state index in [1.54, 1.807) is 4.57 Å². The number of carboxylic acids is 1. The van der Waals surface area contributed by atoms with E-state index >= 15 is 0 Å². The molecule has 0 bridgehead atoms. The van der Waals surface area contributed by atoms with E-state index in [1.165, 1.54) is 11.1 Å². The number of rotatable bonds is 2. The molecule has 17 heavy (non-hydrogen) atoms. The third-order valence-corrected chi connectivity index (χ3v) is 3.12. The maximum atomic E-state index is 10.7. The fraction of sp³-hybridized carbons (Fsp3) is 0.308. The molecule has 0 unspecified atom stereocenters. The molecular formula is C13H14KNO2. The van der Waals surface area contributed by atoms with Crippen molar-refractivity contribution in [2.75, 3.05) is 0 Å². The van der Waals surface area contributed by atoms with Gasteiger partial charge in [-0.25, -0.2) is 0 Å². The summed E-state index contributed by atoms with van der Waals surface area (Å²) in [5, 5.41) is 11.8. The van der Waals surface area contributed by atoms with E-state index in [0.717, 1.165) is 16.6 Å². The van der Waals surface area contributed by atoms with E-state index in [4.69, 9.17) is 0 Å². The first kappa shape index (κ1) is 14.9. The third-order valence-electron chi connectivity index (χ3n) is 3.12. The zero-order valence-corrected chi connectivity index (χ0v) is 13.8. The van der Waals surface area contributed by atoms with Crippen molar-refractivity contribution in [1.29, 1.82) is 0 Å². The van der Waals surface area contributed by atoms with E-state index < -0.39 is 5.97 Å². The molecule has 4 heteroatoms. The van der Waals surface area contributed by atoms with Gasteiger partial charge >= 0.3 is 51.4 Å². The Hall–Kier alpha value is -0.134. The fourth-order valence-electron chi connectivity index (χ4n) is 2.06. The number of aryl methyl sites for hydroxylation is 3. The summed E-state index contributed by atoms with van der Waals surface area (Å²) in [5.74, 6) is -1.06. The average molecular weight is 255 g/mol. The molecule has 2 rings (SSSR count). The number of nitrogens with zero attached hydrogens (tertiary/aromatic N) is 1. The average Bonchev–Trinajstić information content (AvgIpc) is 2.51. The largest absolute Gasteiger partial charge is 1.00 e. The van der Waals surface area contributed by atoms with Crippen LogP contribution in [0.2, 0.25) is 0 Å². The quantitative estimate of drug-likeness (QED) is 0.602. The number of hydrogen-bond acceptors (Lipinski definition) is 2. The molecule has 1 aromatic heterocycles. The number of benzene rings is 1. The van der Waals surface area contributed by atoms with Crippen molar-refractivity contribution in [1.82, 2.24) is 4.57 Å². The van der Waals surface area contributed by atoms with Crippen LogP contribution in [0.25, 0.3) is 10.9 Å². The number of aromatic nitrogens is 1. The van der Waals surface area contributed by atoms with Crippen molar-refractivity contribution < 1.29 is 61.3 Å². The summed E-state index contributed by atoms with van der Waals surface area (Å²) >= 11 is 0. The topological polar surface area (TPSA) is 45.1 Å². The first-order chi connectivity index (χ1) is 7.50. The maximum absolute atomic E-state index is 10.7. The summed E-state index contributed by atoms with van der Waals surface area (Å²) in [4.78, 5) is 10.7. The molecule has 0 aliphatic heterocycles. The minimum Gasteiger partial charge on any atom is -0.548 e. The number of aliphatic carboxylic acids is 1. The van der Waals surface area contributed by atoms with Crippen molar-refractivity contribution in [2.45, 2.75) is 27.3 Å². The molecule has 3 nitrogen and oxygen atoms in total. The van der Waals surface area contributed by atoms with Gasteiger partial charge in [-0.05, 0) is 44.0 Å². The minimum absolute atomic E-state index is 0. The molecule has 0 fully saturated rings. The monoisotopic (exact) mass is 255 g/mol. The van der Waals surface area contributed by atoms with Crippen molar-refractivity contribution >= 4 is 16.9 Å². The summed E-state index contributed by atoms with van der Waals surface area (Å²) in [6, 6.07) is 6.01. The smallest absolute Gasteiger partial charge is 0.548 e. The Morgan fingerprint density at radius 2 is 1.94 bits per heavy atom. The van der Waals surface area contributed by atoms with Crippen molar-refractivity contribution in [3.05, 3.63) is 35.0 Å². The summed E-state index contributed by atoms with van der Waals surface area (Å²) in [6.07, 6.45) is 0. The number of fused-ring (bicyclic) bond motifs is 1. The fourth-order valence-corrected chi connectivity index (χ4v) is 2.06. The zero-order valence-electron chi connectivity index (χ0n) is 10.7. The standard InChI is InChI=1S/C13H15NO2.K/c1-8-4-5-12-11(10(8)3)6-9(2)14(12)7-13(15)16;/h4-6H,7H2,1-3H3,(H,15,16);/q;+1/p-1. The molecule has 84 valence electrons. The van der Waals surface area contributed by atoms with Crippen molar-refractivity contribution in [3.63, 3.8) is 0 Å². The van der Waals surface area contributed by atoms with Gasteiger partial charge in [-0.1, -0.05) is 6.07 Å². The second-order valence-corrected chi connectivity index (χ2v) is 4.18. The van der Waals surface area contributed by atoms with Gasteiger partial charge in [0, 0.05) is 16.6 Å². The van der Waals surface area contributed by atoms with Crippen LogP contribution in [0.4, 0.5) is 0 Å². The van der Waals surface area contributed by atoms with Crippen molar-refractivity contribution in [3.8, 4) is 0 Å². The Balaban J connectivity index is 0.00000144. The van der Waals surface area contributed by atoms with E-state index in [1.807, 2.05) is 25.1 Å². The second kappa shape index (κ2) is 5.67. The Kier molecular flexibility index (Phi) is 4.98. The third kappa shape index (κ3) is 2.82. The molecule has 0 N–H and O–H groups in total. The Labute approximate surface area is 143 Å². The molecule has 0 saturated heterocycles. The molecule has 1 aromatic carbocycles. The normalized spacial score (nSPS) is 10.3. The van der Waals surface area contributed by atoms with Gasteiger partial charge in [-0.15, -0.1) is 0 Å². The van der Waals surface area contributed by atoms with E-state index in [0.29, 0.717) is 0 Å². The van der Waals surface area contributed by atoms with Crippen molar-refractivity contribution in [2.24, 2.45) is 0 Å². The number of carbonyl (C=O) groups excluding carboxylic acids is 1. The Morgan fingerprint density at radius 1 is 1.29 bits per heavy atom. The van der Waals surface area contributed by atoms with Gasteiger partial charge in [-0.3, -0.25) is 0 Å². The van der Waals surface area contributed by atoms with Gasteiger partial charge in [0.05, 0.1) is 12.5 Å². The van der Waals surface area contributed by atoms with Gasteiger partial charge < -0.3 is 14.5 Å². The number of hydrogen-bond donors (Lipinski definition) is 0. The van der Waals surface area contributed by atoms with Crippen LogP contribution in [0.15, 0.2) is 18.2 Å². The van der Waals surface area contributed by atoms with Gasteiger partial charge in [0.2, 0.25) is 0 Å². The van der Waals surface area contributed by atoms with Crippen LogP contribution in [0.1, 0.15) is 16.8 Å². The second-order valence-electron chi connectivity index (χ2n) is 4.18. The minimum atomic E-state index is -1.06. The summed E-state index contributed by atoms with van der Waals surface area (Å²) < 4.78 is 1.77. The van der Waals surface area contributed by atoms with E-state index in [2.05, 4.69) is 13.8 Å². The van der Waals surface area contributed by atoms with Gasteiger partial charge in [0.15, 0.2) is 0 Å². The van der Waals surface area contributed by atoms with Crippen LogP contribution in [-0.2, 0) is 11.3 Å². The molecule has 0 aliphatic rings. The van der Waals surface area contributed by atoms with Crippen LogP contribution in [0, 0.1) is 20.8 Å². The summed E-state index contributed by atoms with van der Waals surface area (Å²) in [5.41, 5.74) is 4.34. The SMILES string of the molecule is Cc1ccc2c(cc(C)n2CC(=O)[O-])c1C.[K+]. The molecule has 0 radical (unpaired) electrons. The van der Waals surface area contributed by atoms with Gasteiger partial charge in [0.1, 0.15) is 0 Å². The maximum Gasteiger partial charge on any atom is 1.00 e. The number of carboxylic acid groups (broad SMARTS) is 1. The molecule has 0 saturated carbocycles. The summed E-state index contributed by atoms with van der Waals surface area (Å²) in [6.45, 7) is 5.94. The Bertz CT molecular complexity index is 572. The molecule has 0 atom stereocenters. The molecule has 0 amide bonds. The first-order valence-electron chi connectivity index (χ1n) is 5.26. The molecule has 0 aliphatic carbocycles. The number of carbonyl (C=O) groups is 1. The predicted octanol–water partition coefficient (Wildman–Crippen LogP) is -1.68. The van der Waals surface area contributed by atoms with Crippen LogP contribution in [0.5, 0.6) is 0 Å². The molecule has 2 aromatic rings.